The van der Waals surface area contributed by atoms with Crippen molar-refractivity contribution < 1.29 is 4.79 Å². The lowest BCUT2D eigenvalue weighted by molar-refractivity contribution is -0.134. The molecule has 1 aliphatic heterocycles. The van der Waals surface area contributed by atoms with Crippen LogP contribution in [-0.4, -0.2) is 35.9 Å². The zero-order valence-electron chi connectivity index (χ0n) is 17.6. The molecule has 1 fully saturated rings. The molecular formula is C26H29N3O. The van der Waals surface area contributed by atoms with Gasteiger partial charge in [-0.3, -0.25) is 14.7 Å². The molecule has 1 aromatic heterocycles. The number of nitrogens with zero attached hydrogens (tertiary/aromatic N) is 2. The lowest BCUT2D eigenvalue weighted by Gasteiger charge is -2.42. The molecule has 2 aromatic carbocycles. The van der Waals surface area contributed by atoms with Crippen molar-refractivity contribution in [2.75, 3.05) is 20.1 Å². The smallest absolute Gasteiger partial charge is 0.227 e. The fourth-order valence-corrected chi connectivity index (χ4v) is 4.72. The maximum absolute atomic E-state index is 13.2. The van der Waals surface area contributed by atoms with E-state index in [9.17, 15) is 4.79 Å². The number of benzene rings is 2. The second-order valence-corrected chi connectivity index (χ2v) is 8.23. The Bertz CT molecular complexity index is 974. The van der Waals surface area contributed by atoms with Gasteiger partial charge in [0.05, 0.1) is 5.41 Å². The predicted octanol–water partition coefficient (Wildman–Crippen LogP) is 4.32. The number of carbonyl (C=O) groups excluding carboxylic acids is 1. The van der Waals surface area contributed by atoms with Gasteiger partial charge in [0.1, 0.15) is 0 Å². The monoisotopic (exact) mass is 399 g/mol. The third-order valence-corrected chi connectivity index (χ3v) is 6.15. The Balaban J connectivity index is 1.63. The van der Waals surface area contributed by atoms with E-state index >= 15 is 0 Å². The number of likely N-dealkylation sites (tertiary alicyclic amines) is 1. The molecule has 4 heteroatoms. The Morgan fingerprint density at radius 3 is 2.53 bits per heavy atom. The third-order valence-electron chi connectivity index (χ3n) is 6.15. The van der Waals surface area contributed by atoms with Crippen LogP contribution in [0.1, 0.15) is 24.0 Å². The molecule has 2 heterocycles. The van der Waals surface area contributed by atoms with Crippen LogP contribution in [0.2, 0.25) is 0 Å². The molecule has 1 aliphatic rings. The number of aromatic nitrogens is 1. The fourth-order valence-electron chi connectivity index (χ4n) is 4.72. The molecule has 4 rings (SSSR count). The molecule has 3 aromatic rings. The van der Waals surface area contributed by atoms with Crippen molar-refractivity contribution in [3.8, 4) is 11.1 Å². The average molecular weight is 400 g/mol. The Morgan fingerprint density at radius 1 is 1.03 bits per heavy atom. The van der Waals surface area contributed by atoms with Gasteiger partial charge in [-0.15, -0.1) is 0 Å². The summed E-state index contributed by atoms with van der Waals surface area (Å²) >= 11 is 0. The van der Waals surface area contributed by atoms with E-state index in [2.05, 4.69) is 75.9 Å². The lowest BCUT2D eigenvalue weighted by atomic mass is 9.73. The quantitative estimate of drug-likeness (QED) is 0.671. The van der Waals surface area contributed by atoms with E-state index in [0.717, 1.165) is 38.9 Å². The second-order valence-electron chi connectivity index (χ2n) is 8.23. The van der Waals surface area contributed by atoms with Crippen molar-refractivity contribution in [3.63, 3.8) is 0 Å². The number of hydrogen-bond acceptors (Lipinski definition) is 3. The first kappa shape index (κ1) is 20.3. The summed E-state index contributed by atoms with van der Waals surface area (Å²) in [6.07, 6.45) is 6.34. The van der Waals surface area contributed by atoms with Gasteiger partial charge in [0.25, 0.3) is 0 Å². The van der Waals surface area contributed by atoms with Crippen molar-refractivity contribution >= 4 is 5.91 Å². The van der Waals surface area contributed by atoms with Gasteiger partial charge < -0.3 is 5.32 Å². The maximum atomic E-state index is 13.2. The first-order chi connectivity index (χ1) is 14.7. The van der Waals surface area contributed by atoms with Crippen LogP contribution in [0.3, 0.4) is 0 Å². The summed E-state index contributed by atoms with van der Waals surface area (Å²) in [5.41, 5.74) is 4.46. The van der Waals surface area contributed by atoms with Gasteiger partial charge in [-0.2, -0.15) is 0 Å². The highest BCUT2D eigenvalue weighted by Gasteiger charge is 2.42. The van der Waals surface area contributed by atoms with E-state index in [4.69, 9.17) is 0 Å². The standard InChI is InChI=1S/C26H29N3O/c1-27-25(30)26(14-7-17-29(20-26)19-21-12-15-28-16-13-21)18-23-10-5-6-11-24(23)22-8-3-2-4-9-22/h2-6,8-13,15-16H,7,14,17-20H2,1H3,(H,27,30). The molecule has 0 radical (unpaired) electrons. The van der Waals surface area contributed by atoms with Crippen LogP contribution < -0.4 is 5.32 Å². The molecule has 1 saturated heterocycles. The topological polar surface area (TPSA) is 45.2 Å². The minimum atomic E-state index is -0.426. The molecule has 0 spiro atoms. The van der Waals surface area contributed by atoms with Gasteiger partial charge in [0.15, 0.2) is 0 Å². The van der Waals surface area contributed by atoms with Gasteiger partial charge in [-0.1, -0.05) is 54.6 Å². The highest BCUT2D eigenvalue weighted by Crippen LogP contribution is 2.37. The summed E-state index contributed by atoms with van der Waals surface area (Å²) < 4.78 is 0. The summed E-state index contributed by atoms with van der Waals surface area (Å²) in [6, 6.07) is 23.1. The van der Waals surface area contributed by atoms with Gasteiger partial charge in [0.2, 0.25) is 5.91 Å². The first-order valence-electron chi connectivity index (χ1n) is 10.7. The molecule has 1 atom stereocenters. The highest BCUT2D eigenvalue weighted by atomic mass is 16.2. The summed E-state index contributed by atoms with van der Waals surface area (Å²) in [5, 5.41) is 2.96. The summed E-state index contributed by atoms with van der Waals surface area (Å²) in [4.78, 5) is 19.7. The maximum Gasteiger partial charge on any atom is 0.227 e. The minimum Gasteiger partial charge on any atom is -0.359 e. The van der Waals surface area contributed by atoms with Crippen LogP contribution in [0.25, 0.3) is 11.1 Å². The summed E-state index contributed by atoms with van der Waals surface area (Å²) in [6.45, 7) is 2.63. The zero-order valence-corrected chi connectivity index (χ0v) is 17.6. The predicted molar refractivity (Wildman–Crippen MR) is 121 cm³/mol. The van der Waals surface area contributed by atoms with Gasteiger partial charge in [0, 0.05) is 32.5 Å². The molecule has 1 amide bonds. The van der Waals surface area contributed by atoms with Crippen molar-refractivity contribution in [2.45, 2.75) is 25.8 Å². The largest absolute Gasteiger partial charge is 0.359 e. The Labute approximate surface area is 179 Å². The number of amides is 1. The average Bonchev–Trinajstić information content (AvgIpc) is 2.80. The molecule has 30 heavy (non-hydrogen) atoms. The van der Waals surface area contributed by atoms with E-state index < -0.39 is 5.41 Å². The van der Waals surface area contributed by atoms with E-state index in [1.807, 2.05) is 18.5 Å². The zero-order chi connectivity index (χ0) is 20.8. The molecule has 4 nitrogen and oxygen atoms in total. The third kappa shape index (κ3) is 4.44. The Kier molecular flexibility index (Phi) is 6.24. The number of hydrogen-bond donors (Lipinski definition) is 1. The van der Waals surface area contributed by atoms with Crippen LogP contribution in [0.15, 0.2) is 79.1 Å². The molecular weight excluding hydrogens is 370 g/mol. The molecule has 154 valence electrons. The van der Waals surface area contributed by atoms with Crippen LogP contribution in [0.5, 0.6) is 0 Å². The molecule has 1 unspecified atom stereocenters. The molecule has 0 bridgehead atoms. The van der Waals surface area contributed by atoms with E-state index in [-0.39, 0.29) is 5.91 Å². The fraction of sp³-hybridized carbons (Fsp3) is 0.308. The van der Waals surface area contributed by atoms with Crippen molar-refractivity contribution in [1.82, 2.24) is 15.2 Å². The van der Waals surface area contributed by atoms with E-state index in [0.29, 0.717) is 0 Å². The van der Waals surface area contributed by atoms with Crippen LogP contribution in [0, 0.1) is 5.41 Å². The minimum absolute atomic E-state index is 0.143. The van der Waals surface area contributed by atoms with Crippen LogP contribution in [-0.2, 0) is 17.8 Å². The molecule has 1 N–H and O–H groups in total. The number of rotatable bonds is 6. The molecule has 0 saturated carbocycles. The Morgan fingerprint density at radius 2 is 1.77 bits per heavy atom. The lowest BCUT2D eigenvalue weighted by Crippen LogP contribution is -2.52. The first-order valence-corrected chi connectivity index (χ1v) is 10.7. The van der Waals surface area contributed by atoms with Gasteiger partial charge >= 0.3 is 0 Å². The Hall–Kier alpha value is -2.98. The van der Waals surface area contributed by atoms with Crippen LogP contribution >= 0.6 is 0 Å². The van der Waals surface area contributed by atoms with Crippen LogP contribution in [0.4, 0.5) is 0 Å². The highest BCUT2D eigenvalue weighted by molar-refractivity contribution is 5.83. The number of carbonyl (C=O) groups is 1. The van der Waals surface area contributed by atoms with Crippen molar-refractivity contribution in [2.24, 2.45) is 5.41 Å². The van der Waals surface area contributed by atoms with E-state index in [1.165, 1.54) is 22.3 Å². The number of pyridine rings is 1. The summed E-state index contributed by atoms with van der Waals surface area (Å²) in [7, 11) is 1.76. The SMILES string of the molecule is CNC(=O)C1(Cc2ccccc2-c2ccccc2)CCCN(Cc2ccncc2)C1. The number of piperidine rings is 1. The summed E-state index contributed by atoms with van der Waals surface area (Å²) in [5.74, 6) is 0.143. The van der Waals surface area contributed by atoms with Crippen molar-refractivity contribution in [1.29, 1.82) is 0 Å². The van der Waals surface area contributed by atoms with Crippen molar-refractivity contribution in [3.05, 3.63) is 90.3 Å². The second kappa shape index (κ2) is 9.23. The molecule has 0 aliphatic carbocycles. The van der Waals surface area contributed by atoms with Gasteiger partial charge in [-0.05, 0) is 60.2 Å². The normalized spacial score (nSPS) is 19.4. The van der Waals surface area contributed by atoms with E-state index in [1.54, 1.807) is 7.05 Å². The number of nitrogens with one attached hydrogen (secondary N) is 1. The van der Waals surface area contributed by atoms with Gasteiger partial charge in [-0.25, -0.2) is 0 Å².